The molecule has 0 aliphatic rings. The minimum atomic E-state index is -0.995. The van der Waals surface area contributed by atoms with E-state index in [1.165, 1.54) is 0 Å². The Morgan fingerprint density at radius 3 is 2.21 bits per heavy atom. The number of hydrogen-bond donors (Lipinski definition) is 0. The first-order valence-corrected chi connectivity index (χ1v) is 6.64. The third-order valence-corrected chi connectivity index (χ3v) is 4.03. The number of halogens is 5. The van der Waals surface area contributed by atoms with Crippen LogP contribution in [0.3, 0.4) is 0 Å². The largest absolute Gasteiger partial charge is 0.204 e. The van der Waals surface area contributed by atoms with E-state index < -0.39 is 17.0 Å². The van der Waals surface area contributed by atoms with Crippen LogP contribution in [-0.4, -0.2) is 0 Å². The molecule has 0 radical (unpaired) electrons. The Morgan fingerprint density at radius 1 is 0.947 bits per heavy atom. The summed E-state index contributed by atoms with van der Waals surface area (Å²) in [5.41, 5.74) is 1.89. The molecule has 1 unspecified atom stereocenters. The second kappa shape index (κ2) is 5.66. The molecule has 2 aromatic carbocycles. The fourth-order valence-electron chi connectivity index (χ4n) is 1.74. The minimum absolute atomic E-state index is 0.0894. The lowest BCUT2D eigenvalue weighted by Crippen LogP contribution is -1.98. The van der Waals surface area contributed by atoms with Crippen LogP contribution in [0, 0.1) is 18.6 Å². The van der Waals surface area contributed by atoms with Crippen LogP contribution in [0.15, 0.2) is 30.3 Å². The molecule has 0 aliphatic carbocycles. The van der Waals surface area contributed by atoms with E-state index in [1.54, 1.807) is 18.2 Å². The Kier molecular flexibility index (Phi) is 4.34. The van der Waals surface area contributed by atoms with Crippen LogP contribution in [0.1, 0.15) is 22.1 Å². The summed E-state index contributed by atoms with van der Waals surface area (Å²) in [6, 6.07) is 7.15. The fraction of sp³-hybridized carbons (Fsp3) is 0.143. The van der Waals surface area contributed by atoms with Gasteiger partial charge >= 0.3 is 0 Å². The number of aryl methyl sites for hydroxylation is 1. The molecule has 2 aromatic rings. The molecule has 0 saturated carbocycles. The molecule has 2 rings (SSSR count). The molecule has 0 amide bonds. The Morgan fingerprint density at radius 2 is 1.58 bits per heavy atom. The van der Waals surface area contributed by atoms with Gasteiger partial charge in [0.05, 0.1) is 5.38 Å². The normalized spacial score (nSPS) is 12.5. The van der Waals surface area contributed by atoms with E-state index in [-0.39, 0.29) is 5.02 Å². The van der Waals surface area contributed by atoms with Gasteiger partial charge in [-0.25, -0.2) is 8.78 Å². The molecule has 1 atom stereocenters. The van der Waals surface area contributed by atoms with Crippen LogP contribution < -0.4 is 0 Å². The summed E-state index contributed by atoms with van der Waals surface area (Å²) in [5, 5.41) is 0.0362. The van der Waals surface area contributed by atoms with Gasteiger partial charge in [0.15, 0.2) is 11.6 Å². The van der Waals surface area contributed by atoms with E-state index in [0.717, 1.165) is 23.3 Å². The van der Waals surface area contributed by atoms with Crippen molar-refractivity contribution >= 4 is 34.8 Å². The van der Waals surface area contributed by atoms with Gasteiger partial charge in [0, 0.05) is 10.0 Å². The van der Waals surface area contributed by atoms with E-state index in [1.807, 2.05) is 6.92 Å². The Labute approximate surface area is 124 Å². The van der Waals surface area contributed by atoms with Crippen LogP contribution in [0.2, 0.25) is 10.0 Å². The van der Waals surface area contributed by atoms with Gasteiger partial charge in [0.2, 0.25) is 0 Å². The minimum Gasteiger partial charge on any atom is -0.204 e. The van der Waals surface area contributed by atoms with E-state index >= 15 is 0 Å². The summed E-state index contributed by atoms with van der Waals surface area (Å²) in [6.45, 7) is 1.84. The summed E-state index contributed by atoms with van der Waals surface area (Å²) in [7, 11) is 0. The lowest BCUT2D eigenvalue weighted by atomic mass is 10.0. The SMILES string of the molecule is Cc1cc(C(Cl)c2cc(F)c(F)cc2Cl)ccc1Cl. The zero-order valence-corrected chi connectivity index (χ0v) is 12.1. The Hall–Kier alpha value is -0.830. The molecule has 5 heteroatoms. The van der Waals surface area contributed by atoms with Crippen molar-refractivity contribution in [1.82, 2.24) is 0 Å². The molecule has 0 bridgehead atoms. The molecule has 0 nitrogen and oxygen atoms in total. The molecule has 0 aromatic heterocycles. The summed E-state index contributed by atoms with van der Waals surface area (Å²) in [6.07, 6.45) is 0. The third-order valence-electron chi connectivity index (χ3n) is 2.79. The topological polar surface area (TPSA) is 0 Å². The van der Waals surface area contributed by atoms with Crippen molar-refractivity contribution in [3.05, 3.63) is 68.7 Å². The maximum atomic E-state index is 13.3. The third kappa shape index (κ3) is 3.02. The first-order valence-electron chi connectivity index (χ1n) is 5.44. The van der Waals surface area contributed by atoms with Gasteiger partial charge in [-0.3, -0.25) is 0 Å². The average molecular weight is 322 g/mol. The van der Waals surface area contributed by atoms with Crippen molar-refractivity contribution in [1.29, 1.82) is 0 Å². The zero-order chi connectivity index (χ0) is 14.2. The van der Waals surface area contributed by atoms with Crippen molar-refractivity contribution < 1.29 is 8.78 Å². The monoisotopic (exact) mass is 320 g/mol. The van der Waals surface area contributed by atoms with Crippen molar-refractivity contribution in [2.24, 2.45) is 0 Å². The second-order valence-electron chi connectivity index (χ2n) is 4.16. The summed E-state index contributed by atoms with van der Waals surface area (Å²) < 4.78 is 26.3. The van der Waals surface area contributed by atoms with E-state index in [0.29, 0.717) is 10.6 Å². The molecular weight excluding hydrogens is 313 g/mol. The zero-order valence-electron chi connectivity index (χ0n) is 9.85. The molecular formula is C14H9Cl3F2. The van der Waals surface area contributed by atoms with Gasteiger partial charge in [0.25, 0.3) is 0 Å². The second-order valence-corrected chi connectivity index (χ2v) is 5.41. The maximum Gasteiger partial charge on any atom is 0.160 e. The predicted molar refractivity (Wildman–Crippen MR) is 75.3 cm³/mol. The van der Waals surface area contributed by atoms with Crippen molar-refractivity contribution in [2.45, 2.75) is 12.3 Å². The standard InChI is InChI=1S/C14H9Cl3F2/c1-7-4-8(2-3-10(7)15)14(17)9-5-12(18)13(19)6-11(9)16/h2-6,14H,1H3. The maximum absolute atomic E-state index is 13.3. The number of hydrogen-bond acceptors (Lipinski definition) is 0. The quantitative estimate of drug-likeness (QED) is 0.476. The van der Waals surface area contributed by atoms with Crippen LogP contribution in [0.25, 0.3) is 0 Å². The van der Waals surface area contributed by atoms with Gasteiger partial charge in [-0.15, -0.1) is 11.6 Å². The van der Waals surface area contributed by atoms with Gasteiger partial charge in [-0.2, -0.15) is 0 Å². The van der Waals surface area contributed by atoms with Crippen molar-refractivity contribution in [3.63, 3.8) is 0 Å². The lowest BCUT2D eigenvalue weighted by molar-refractivity contribution is 0.507. The van der Waals surface area contributed by atoms with Gasteiger partial charge in [0.1, 0.15) is 0 Å². The van der Waals surface area contributed by atoms with Gasteiger partial charge in [-0.1, -0.05) is 35.3 Å². The first-order chi connectivity index (χ1) is 8.90. The van der Waals surface area contributed by atoms with Gasteiger partial charge < -0.3 is 0 Å². The van der Waals surface area contributed by atoms with Crippen molar-refractivity contribution in [2.75, 3.05) is 0 Å². The molecule has 0 N–H and O–H groups in total. The predicted octanol–water partition coefficient (Wildman–Crippen LogP) is 5.91. The van der Waals surface area contributed by atoms with E-state index in [4.69, 9.17) is 34.8 Å². The number of alkyl halides is 1. The molecule has 19 heavy (non-hydrogen) atoms. The molecule has 0 spiro atoms. The van der Waals surface area contributed by atoms with E-state index in [2.05, 4.69) is 0 Å². The molecule has 0 saturated heterocycles. The Bertz CT molecular complexity index is 626. The molecule has 0 aliphatic heterocycles. The molecule has 100 valence electrons. The summed E-state index contributed by atoms with van der Waals surface area (Å²) in [5.74, 6) is -1.97. The Balaban J connectivity index is 2.46. The number of benzene rings is 2. The van der Waals surface area contributed by atoms with Crippen molar-refractivity contribution in [3.8, 4) is 0 Å². The highest BCUT2D eigenvalue weighted by Crippen LogP contribution is 2.35. The fourth-order valence-corrected chi connectivity index (χ4v) is 2.49. The highest BCUT2D eigenvalue weighted by Gasteiger charge is 2.18. The van der Waals surface area contributed by atoms with Crippen LogP contribution in [-0.2, 0) is 0 Å². The van der Waals surface area contributed by atoms with Crippen LogP contribution in [0.5, 0.6) is 0 Å². The average Bonchev–Trinajstić information content (AvgIpc) is 2.36. The molecule has 0 heterocycles. The smallest absolute Gasteiger partial charge is 0.160 e. The summed E-state index contributed by atoms with van der Waals surface area (Å²) in [4.78, 5) is 0. The summed E-state index contributed by atoms with van der Waals surface area (Å²) >= 11 is 18.1. The van der Waals surface area contributed by atoms with E-state index in [9.17, 15) is 8.78 Å². The van der Waals surface area contributed by atoms with Crippen LogP contribution >= 0.6 is 34.8 Å². The number of rotatable bonds is 2. The highest BCUT2D eigenvalue weighted by atomic mass is 35.5. The van der Waals surface area contributed by atoms with Gasteiger partial charge in [-0.05, 0) is 41.8 Å². The lowest BCUT2D eigenvalue weighted by Gasteiger charge is -2.14. The molecule has 0 fully saturated rings. The first kappa shape index (κ1) is 14.6. The van der Waals surface area contributed by atoms with Crippen LogP contribution in [0.4, 0.5) is 8.78 Å². The highest BCUT2D eigenvalue weighted by molar-refractivity contribution is 6.33.